The fourth-order valence-electron chi connectivity index (χ4n) is 5.58. The molecular weight excluding hydrogens is 457 g/mol. The third kappa shape index (κ3) is 5.06. The number of hydrogen-bond donors (Lipinski definition) is 1. The van der Waals surface area contributed by atoms with E-state index in [2.05, 4.69) is 16.5 Å². The smallest absolute Gasteiger partial charge is 0.251 e. The van der Waals surface area contributed by atoms with Crippen LogP contribution in [0.2, 0.25) is 0 Å². The first-order valence-corrected chi connectivity index (χ1v) is 13.1. The predicted molar refractivity (Wildman–Crippen MR) is 133 cm³/mol. The molecule has 2 heterocycles. The third-order valence-corrected chi connectivity index (χ3v) is 7.64. The molecule has 8 heteroatoms. The van der Waals surface area contributed by atoms with Gasteiger partial charge in [-0.2, -0.15) is 5.26 Å². The molecule has 0 bridgehead atoms. The number of likely N-dealkylation sites (tertiary alicyclic amines) is 1. The Morgan fingerprint density at radius 1 is 1.11 bits per heavy atom. The molecule has 2 aromatic rings. The molecular formula is C28H32FN5O2. The highest BCUT2D eigenvalue weighted by atomic mass is 19.1. The summed E-state index contributed by atoms with van der Waals surface area (Å²) in [6.45, 7) is 0.488. The van der Waals surface area contributed by atoms with Gasteiger partial charge < -0.3 is 5.32 Å². The maximum Gasteiger partial charge on any atom is 0.251 e. The highest BCUT2D eigenvalue weighted by Gasteiger charge is 2.41. The van der Waals surface area contributed by atoms with Crippen LogP contribution in [0.1, 0.15) is 80.9 Å². The fourth-order valence-corrected chi connectivity index (χ4v) is 5.58. The number of hydrogen-bond acceptors (Lipinski definition) is 5. The highest BCUT2D eigenvalue weighted by Crippen LogP contribution is 2.42. The zero-order valence-electron chi connectivity index (χ0n) is 20.4. The maximum absolute atomic E-state index is 15.2. The van der Waals surface area contributed by atoms with Crippen molar-refractivity contribution < 1.29 is 14.0 Å². The third-order valence-electron chi connectivity index (χ3n) is 7.64. The molecule has 1 aliphatic heterocycles. The van der Waals surface area contributed by atoms with Gasteiger partial charge in [-0.25, -0.2) is 4.39 Å². The van der Waals surface area contributed by atoms with Gasteiger partial charge in [0.15, 0.2) is 6.19 Å². The number of amides is 2. The Morgan fingerprint density at radius 3 is 2.58 bits per heavy atom. The van der Waals surface area contributed by atoms with Gasteiger partial charge >= 0.3 is 0 Å². The number of benzene rings is 1. The minimum Gasteiger partial charge on any atom is -0.351 e. The lowest BCUT2D eigenvalue weighted by Gasteiger charge is -2.35. The summed E-state index contributed by atoms with van der Waals surface area (Å²) in [4.78, 5) is 35.0. The summed E-state index contributed by atoms with van der Waals surface area (Å²) in [5.41, 5.74) is 1.52. The molecule has 1 aromatic carbocycles. The monoisotopic (exact) mass is 489 g/mol. The first kappa shape index (κ1) is 24.2. The van der Waals surface area contributed by atoms with Crippen molar-refractivity contribution in [2.24, 2.45) is 0 Å². The van der Waals surface area contributed by atoms with Crippen molar-refractivity contribution >= 4 is 17.5 Å². The van der Waals surface area contributed by atoms with Crippen molar-refractivity contribution in [3.63, 3.8) is 0 Å². The largest absolute Gasteiger partial charge is 0.351 e. The van der Waals surface area contributed by atoms with E-state index in [4.69, 9.17) is 0 Å². The van der Waals surface area contributed by atoms with E-state index in [1.54, 1.807) is 36.7 Å². The number of pyridine rings is 1. The zero-order chi connectivity index (χ0) is 25.1. The van der Waals surface area contributed by atoms with Crippen molar-refractivity contribution in [2.45, 2.75) is 81.8 Å². The number of anilines is 1. The minimum atomic E-state index is -1.03. The normalized spacial score (nSPS) is 21.0. The van der Waals surface area contributed by atoms with E-state index in [0.29, 0.717) is 36.2 Å². The molecule has 2 amide bonds. The lowest BCUT2D eigenvalue weighted by Crippen LogP contribution is -2.51. The van der Waals surface area contributed by atoms with Crippen molar-refractivity contribution in [1.29, 1.82) is 5.26 Å². The van der Waals surface area contributed by atoms with Crippen LogP contribution in [-0.2, 0) is 9.59 Å². The van der Waals surface area contributed by atoms with Gasteiger partial charge in [-0.05, 0) is 68.2 Å². The first-order chi connectivity index (χ1) is 17.6. The van der Waals surface area contributed by atoms with Crippen molar-refractivity contribution in [3.05, 3.63) is 59.7 Å². The molecule has 3 aliphatic rings. The summed E-state index contributed by atoms with van der Waals surface area (Å²) in [6.07, 6.45) is 13.5. The van der Waals surface area contributed by atoms with Crippen molar-refractivity contribution in [3.8, 4) is 6.19 Å². The quantitative estimate of drug-likeness (QED) is 0.576. The van der Waals surface area contributed by atoms with Crippen molar-refractivity contribution in [1.82, 2.24) is 15.2 Å². The Labute approximate surface area is 211 Å². The average molecular weight is 490 g/mol. The van der Waals surface area contributed by atoms with E-state index >= 15 is 4.39 Å². The second kappa shape index (κ2) is 10.7. The van der Waals surface area contributed by atoms with Crippen LogP contribution in [0.4, 0.5) is 10.1 Å². The Balaban J connectivity index is 1.56. The second-order valence-electron chi connectivity index (χ2n) is 10.2. The van der Waals surface area contributed by atoms with Crippen LogP contribution in [0, 0.1) is 17.3 Å². The summed E-state index contributed by atoms with van der Waals surface area (Å²) >= 11 is 0. The molecule has 5 rings (SSSR count). The molecule has 1 saturated heterocycles. The Hall–Kier alpha value is -3.47. The van der Waals surface area contributed by atoms with Crippen LogP contribution < -0.4 is 10.2 Å². The summed E-state index contributed by atoms with van der Waals surface area (Å²) in [7, 11) is 0. The molecule has 7 nitrogen and oxygen atoms in total. The second-order valence-corrected chi connectivity index (χ2v) is 10.2. The predicted octanol–water partition coefficient (Wildman–Crippen LogP) is 4.57. The van der Waals surface area contributed by atoms with Crippen LogP contribution in [0.15, 0.2) is 42.7 Å². The average Bonchev–Trinajstić information content (AvgIpc) is 3.63. The standard InChI is InChI=1S/C28H32FN5O2/c29-24-16-22(12-13-23(24)19-10-11-19)34(28(36)25-9-5-15-33(25)18-30)26(20-6-4-14-31-17-20)27(35)32-21-7-2-1-3-8-21/h4,6,12-14,16-17,19,21,25-26H,1-3,5,7-11,15H2,(H,32,35). The Bertz CT molecular complexity index is 1140. The van der Waals surface area contributed by atoms with E-state index < -0.39 is 12.1 Å². The first-order valence-electron chi connectivity index (χ1n) is 13.1. The molecule has 188 valence electrons. The number of carbonyl (C=O) groups excluding carboxylic acids is 2. The molecule has 1 aromatic heterocycles. The fraction of sp³-hybridized carbons (Fsp3) is 0.500. The lowest BCUT2D eigenvalue weighted by atomic mass is 9.94. The number of halogens is 1. The lowest BCUT2D eigenvalue weighted by molar-refractivity contribution is -0.128. The summed E-state index contributed by atoms with van der Waals surface area (Å²) in [6, 6.07) is 6.66. The van der Waals surface area contributed by atoms with Gasteiger partial charge in [0.25, 0.3) is 5.91 Å². The van der Waals surface area contributed by atoms with Crippen LogP contribution >= 0.6 is 0 Å². The van der Waals surface area contributed by atoms with Gasteiger partial charge in [-0.1, -0.05) is 31.4 Å². The summed E-state index contributed by atoms with van der Waals surface area (Å²) in [5, 5.41) is 12.8. The number of nitriles is 1. The number of rotatable bonds is 7. The zero-order valence-corrected chi connectivity index (χ0v) is 20.4. The van der Waals surface area contributed by atoms with E-state index in [0.717, 1.165) is 44.9 Å². The maximum atomic E-state index is 15.2. The summed E-state index contributed by atoms with van der Waals surface area (Å²) in [5.74, 6) is -0.832. The van der Waals surface area contributed by atoms with E-state index in [1.807, 2.05) is 0 Å². The van der Waals surface area contributed by atoms with Crippen LogP contribution in [-0.4, -0.2) is 40.3 Å². The molecule has 2 unspecified atom stereocenters. The van der Waals surface area contributed by atoms with Gasteiger partial charge in [0, 0.05) is 36.2 Å². The van der Waals surface area contributed by atoms with E-state index in [9.17, 15) is 14.9 Å². The van der Waals surface area contributed by atoms with E-state index in [1.165, 1.54) is 15.9 Å². The molecule has 36 heavy (non-hydrogen) atoms. The van der Waals surface area contributed by atoms with Crippen LogP contribution in [0.5, 0.6) is 0 Å². The number of nitrogens with zero attached hydrogens (tertiary/aromatic N) is 4. The van der Waals surface area contributed by atoms with Gasteiger partial charge in [0.2, 0.25) is 5.91 Å². The van der Waals surface area contributed by atoms with Crippen LogP contribution in [0.3, 0.4) is 0 Å². The molecule has 0 radical (unpaired) electrons. The Morgan fingerprint density at radius 2 is 1.92 bits per heavy atom. The van der Waals surface area contributed by atoms with Gasteiger partial charge in [-0.3, -0.25) is 24.4 Å². The highest BCUT2D eigenvalue weighted by molar-refractivity contribution is 6.04. The van der Waals surface area contributed by atoms with E-state index in [-0.39, 0.29) is 29.6 Å². The van der Waals surface area contributed by atoms with Gasteiger partial charge in [0.05, 0.1) is 0 Å². The molecule has 0 spiro atoms. The molecule has 2 atom stereocenters. The summed E-state index contributed by atoms with van der Waals surface area (Å²) < 4.78 is 15.2. The number of nitrogens with one attached hydrogen (secondary N) is 1. The molecule has 2 saturated carbocycles. The SMILES string of the molecule is N#CN1CCCC1C(=O)N(c1ccc(C2CC2)c(F)c1)C(C(=O)NC1CCCCC1)c1cccnc1. The Kier molecular flexibility index (Phi) is 7.17. The van der Waals surface area contributed by atoms with Crippen molar-refractivity contribution in [2.75, 3.05) is 11.4 Å². The van der Waals surface area contributed by atoms with Gasteiger partial charge in [-0.15, -0.1) is 0 Å². The number of carbonyl (C=O) groups is 2. The number of aromatic nitrogens is 1. The molecule has 3 fully saturated rings. The van der Waals surface area contributed by atoms with Crippen LogP contribution in [0.25, 0.3) is 0 Å². The molecule has 2 aliphatic carbocycles. The van der Waals surface area contributed by atoms with Gasteiger partial charge in [0.1, 0.15) is 17.9 Å². The minimum absolute atomic E-state index is 0.0402. The molecule has 1 N–H and O–H groups in total. The topological polar surface area (TPSA) is 89.3 Å².